The smallest absolute Gasteiger partial charge is 0.227 e. The van der Waals surface area contributed by atoms with Crippen molar-refractivity contribution in [1.82, 2.24) is 10.1 Å². The fourth-order valence-electron chi connectivity index (χ4n) is 3.97. The van der Waals surface area contributed by atoms with Gasteiger partial charge in [0.25, 0.3) is 0 Å². The fourth-order valence-corrected chi connectivity index (χ4v) is 3.97. The first kappa shape index (κ1) is 15.4. The number of hydrogen-bond donors (Lipinski definition) is 0. The second kappa shape index (κ2) is 5.74. The number of piperidine rings is 1. The Hall–Kier alpha value is -2.14. The Morgan fingerprint density at radius 2 is 2.17 bits per heavy atom. The maximum Gasteiger partial charge on any atom is 0.227 e. The number of nitrogens with zero attached hydrogens (tertiary/aromatic N) is 2. The third-order valence-electron chi connectivity index (χ3n) is 5.33. The number of fused-ring (bicyclic) bond motifs is 2. The molecule has 5 nitrogen and oxygen atoms in total. The number of carbonyl (C=O) groups is 1. The number of ether oxygens (including phenoxy) is 1. The Morgan fingerprint density at radius 1 is 1.33 bits per heavy atom. The third kappa shape index (κ3) is 2.44. The molecule has 1 fully saturated rings. The summed E-state index contributed by atoms with van der Waals surface area (Å²) in [6.45, 7) is 5.80. The summed E-state index contributed by atoms with van der Waals surface area (Å²) in [4.78, 5) is 14.8. The molecule has 0 saturated carbocycles. The molecule has 24 heavy (non-hydrogen) atoms. The van der Waals surface area contributed by atoms with Crippen LogP contribution in [0.3, 0.4) is 0 Å². The Morgan fingerprint density at radius 3 is 2.96 bits per heavy atom. The molecule has 1 unspecified atom stereocenters. The Bertz CT molecular complexity index is 759. The van der Waals surface area contributed by atoms with Crippen LogP contribution in [0.5, 0.6) is 0 Å². The van der Waals surface area contributed by atoms with Gasteiger partial charge in [-0.05, 0) is 37.8 Å². The van der Waals surface area contributed by atoms with Crippen molar-refractivity contribution >= 4 is 5.91 Å². The van der Waals surface area contributed by atoms with E-state index in [0.717, 1.165) is 36.4 Å². The van der Waals surface area contributed by atoms with E-state index in [2.05, 4.69) is 23.4 Å². The second-order valence-electron chi connectivity index (χ2n) is 6.84. The van der Waals surface area contributed by atoms with Crippen LogP contribution in [0.15, 0.2) is 28.8 Å². The highest BCUT2D eigenvalue weighted by Crippen LogP contribution is 2.42. The highest BCUT2D eigenvalue weighted by molar-refractivity contribution is 5.79. The molecule has 0 aliphatic carbocycles. The number of likely N-dealkylation sites (tertiary alicyclic amines) is 1. The fraction of sp³-hybridized carbons (Fsp3) is 0.474. The Kier molecular flexibility index (Phi) is 3.68. The van der Waals surface area contributed by atoms with E-state index in [1.807, 2.05) is 24.8 Å². The highest BCUT2D eigenvalue weighted by Gasteiger charge is 2.44. The molecular formula is C19H22N2O3. The first-order valence-corrected chi connectivity index (χ1v) is 8.51. The summed E-state index contributed by atoms with van der Waals surface area (Å²) in [5.74, 6) is 0.853. The van der Waals surface area contributed by atoms with Crippen LogP contribution in [0.1, 0.15) is 41.0 Å². The van der Waals surface area contributed by atoms with Crippen LogP contribution in [0.25, 0.3) is 0 Å². The standard InChI is InChI=1S/C19H22N2O3/c1-13-16(14(2)24-20-13)10-18(22)21-9-5-8-19(12-21)17-7-4-3-6-15(17)11-23-19/h3-4,6-7H,5,8-12H2,1-2H3. The SMILES string of the molecule is Cc1noc(C)c1CC(=O)N1CCCC2(C1)OCc1ccccc12. The molecule has 0 bridgehead atoms. The second-order valence-corrected chi connectivity index (χ2v) is 6.84. The lowest BCUT2D eigenvalue weighted by Gasteiger charge is -2.40. The van der Waals surface area contributed by atoms with E-state index in [-0.39, 0.29) is 11.5 Å². The topological polar surface area (TPSA) is 55.6 Å². The van der Waals surface area contributed by atoms with Crippen molar-refractivity contribution in [3.63, 3.8) is 0 Å². The van der Waals surface area contributed by atoms with E-state index in [1.165, 1.54) is 11.1 Å². The van der Waals surface area contributed by atoms with Gasteiger partial charge >= 0.3 is 0 Å². The van der Waals surface area contributed by atoms with Crippen LogP contribution in [0.2, 0.25) is 0 Å². The zero-order valence-electron chi connectivity index (χ0n) is 14.2. The molecule has 1 spiro atoms. The number of benzene rings is 1. The Balaban J connectivity index is 1.55. The zero-order valence-corrected chi connectivity index (χ0v) is 14.2. The summed E-state index contributed by atoms with van der Waals surface area (Å²) >= 11 is 0. The van der Waals surface area contributed by atoms with Crippen LogP contribution in [-0.2, 0) is 28.2 Å². The van der Waals surface area contributed by atoms with Gasteiger partial charge in [0.1, 0.15) is 11.4 Å². The average molecular weight is 326 g/mol. The van der Waals surface area contributed by atoms with E-state index >= 15 is 0 Å². The molecule has 0 N–H and O–H groups in total. The molecule has 3 heterocycles. The van der Waals surface area contributed by atoms with E-state index in [0.29, 0.717) is 19.6 Å². The number of amides is 1. The molecule has 0 radical (unpaired) electrons. The van der Waals surface area contributed by atoms with E-state index in [1.54, 1.807) is 0 Å². The van der Waals surface area contributed by atoms with Crippen molar-refractivity contribution in [1.29, 1.82) is 0 Å². The molecule has 1 amide bonds. The van der Waals surface area contributed by atoms with Crippen LogP contribution in [-0.4, -0.2) is 29.1 Å². The number of hydrogen-bond acceptors (Lipinski definition) is 4. The van der Waals surface area contributed by atoms with Gasteiger partial charge in [-0.15, -0.1) is 0 Å². The third-order valence-corrected chi connectivity index (χ3v) is 5.33. The summed E-state index contributed by atoms with van der Waals surface area (Å²) in [5, 5.41) is 3.94. The molecule has 2 aromatic rings. The molecular weight excluding hydrogens is 304 g/mol. The van der Waals surface area contributed by atoms with Gasteiger partial charge in [-0.1, -0.05) is 29.4 Å². The van der Waals surface area contributed by atoms with Gasteiger partial charge in [-0.25, -0.2) is 0 Å². The summed E-state index contributed by atoms with van der Waals surface area (Å²) in [7, 11) is 0. The molecule has 2 aliphatic rings. The minimum absolute atomic E-state index is 0.122. The lowest BCUT2D eigenvalue weighted by atomic mass is 9.85. The van der Waals surface area contributed by atoms with Gasteiger partial charge in [0.15, 0.2) is 0 Å². The maximum atomic E-state index is 12.8. The van der Waals surface area contributed by atoms with Crippen LogP contribution >= 0.6 is 0 Å². The monoisotopic (exact) mass is 326 g/mol. The molecule has 4 rings (SSSR count). The average Bonchev–Trinajstić information content (AvgIpc) is 3.11. The first-order chi connectivity index (χ1) is 11.6. The van der Waals surface area contributed by atoms with Crippen LogP contribution < -0.4 is 0 Å². The predicted octanol–water partition coefficient (Wildman–Crippen LogP) is 2.88. The van der Waals surface area contributed by atoms with Crippen molar-refractivity contribution in [3.05, 3.63) is 52.4 Å². The molecule has 2 aliphatic heterocycles. The molecule has 5 heteroatoms. The number of aryl methyl sites for hydroxylation is 2. The molecule has 126 valence electrons. The summed E-state index contributed by atoms with van der Waals surface area (Å²) in [5.41, 5.74) is 3.88. The maximum absolute atomic E-state index is 12.8. The van der Waals surface area contributed by atoms with Gasteiger partial charge in [0.2, 0.25) is 5.91 Å². The number of carbonyl (C=O) groups excluding carboxylic acids is 1. The van der Waals surface area contributed by atoms with Crippen molar-refractivity contribution in [2.75, 3.05) is 13.1 Å². The largest absolute Gasteiger partial charge is 0.364 e. The van der Waals surface area contributed by atoms with Crippen LogP contribution in [0, 0.1) is 13.8 Å². The van der Waals surface area contributed by atoms with Gasteiger partial charge in [-0.3, -0.25) is 4.79 Å². The van der Waals surface area contributed by atoms with Crippen molar-refractivity contribution in [2.24, 2.45) is 0 Å². The van der Waals surface area contributed by atoms with Gasteiger partial charge < -0.3 is 14.2 Å². The number of aromatic nitrogens is 1. The van der Waals surface area contributed by atoms with E-state index in [9.17, 15) is 4.79 Å². The zero-order chi connectivity index (χ0) is 16.7. The van der Waals surface area contributed by atoms with Crippen molar-refractivity contribution < 1.29 is 14.1 Å². The predicted molar refractivity (Wildman–Crippen MR) is 88.4 cm³/mol. The van der Waals surface area contributed by atoms with Crippen molar-refractivity contribution in [2.45, 2.75) is 45.3 Å². The number of rotatable bonds is 2. The molecule has 1 saturated heterocycles. The van der Waals surface area contributed by atoms with E-state index in [4.69, 9.17) is 9.26 Å². The summed E-state index contributed by atoms with van der Waals surface area (Å²) in [6, 6.07) is 8.36. The highest BCUT2D eigenvalue weighted by atomic mass is 16.5. The lowest BCUT2D eigenvalue weighted by molar-refractivity contribution is -0.142. The Labute approximate surface area is 141 Å². The van der Waals surface area contributed by atoms with E-state index < -0.39 is 0 Å². The molecule has 1 aromatic carbocycles. The van der Waals surface area contributed by atoms with Gasteiger partial charge in [0, 0.05) is 12.1 Å². The summed E-state index contributed by atoms with van der Waals surface area (Å²) < 4.78 is 11.4. The summed E-state index contributed by atoms with van der Waals surface area (Å²) in [6.07, 6.45) is 2.28. The molecule has 1 aromatic heterocycles. The first-order valence-electron chi connectivity index (χ1n) is 8.51. The minimum Gasteiger partial charge on any atom is -0.364 e. The van der Waals surface area contributed by atoms with Crippen LogP contribution in [0.4, 0.5) is 0 Å². The van der Waals surface area contributed by atoms with Gasteiger partial charge in [-0.2, -0.15) is 0 Å². The lowest BCUT2D eigenvalue weighted by Crippen LogP contribution is -2.49. The quantitative estimate of drug-likeness (QED) is 0.851. The normalized spacial score (nSPS) is 22.8. The molecule has 1 atom stereocenters. The van der Waals surface area contributed by atoms with Crippen molar-refractivity contribution in [3.8, 4) is 0 Å². The minimum atomic E-state index is -0.330. The van der Waals surface area contributed by atoms with Gasteiger partial charge in [0.05, 0.1) is 25.3 Å².